The van der Waals surface area contributed by atoms with Crippen molar-refractivity contribution >= 4 is 5.90 Å². The average molecular weight is 382 g/mol. The van der Waals surface area contributed by atoms with Crippen LogP contribution in [0.3, 0.4) is 0 Å². The lowest BCUT2D eigenvalue weighted by molar-refractivity contribution is -0.285. The number of nitrogens with one attached hydrogen (secondary N) is 1. The van der Waals surface area contributed by atoms with Crippen LogP contribution in [0.15, 0.2) is 18.2 Å². The molecule has 8 heteroatoms. The predicted molar refractivity (Wildman–Crippen MR) is 90.0 cm³/mol. The lowest BCUT2D eigenvalue weighted by Gasteiger charge is -2.49. The molecular weight excluding hydrogens is 366 g/mol. The van der Waals surface area contributed by atoms with E-state index in [0.29, 0.717) is 19.3 Å². The molecule has 2 aliphatic heterocycles. The first-order valence-corrected chi connectivity index (χ1v) is 9.05. The highest BCUT2D eigenvalue weighted by atomic mass is 19.1. The van der Waals surface area contributed by atoms with Crippen LogP contribution >= 0.6 is 0 Å². The molecule has 0 aromatic heterocycles. The van der Waals surface area contributed by atoms with Crippen molar-refractivity contribution < 1.29 is 18.3 Å². The monoisotopic (exact) mass is 382 g/mol. The maximum absolute atomic E-state index is 14.6. The fourth-order valence-corrected chi connectivity index (χ4v) is 5.03. The van der Waals surface area contributed by atoms with E-state index in [1.165, 1.54) is 0 Å². The molecule has 1 aromatic rings. The van der Waals surface area contributed by atoms with Gasteiger partial charge >= 0.3 is 0 Å². The van der Waals surface area contributed by atoms with Crippen molar-refractivity contribution in [3.8, 4) is 18.2 Å². The largest absolute Gasteiger partial charge is 0.447 e. The van der Waals surface area contributed by atoms with Gasteiger partial charge in [-0.05, 0) is 31.0 Å². The summed E-state index contributed by atoms with van der Waals surface area (Å²) >= 11 is 0. The van der Waals surface area contributed by atoms with Crippen LogP contribution in [-0.2, 0) is 9.47 Å². The Labute approximate surface area is 160 Å². The second kappa shape index (κ2) is 5.99. The van der Waals surface area contributed by atoms with Gasteiger partial charge in [0.1, 0.15) is 17.7 Å². The lowest BCUT2D eigenvalue weighted by Crippen LogP contribution is -2.59. The van der Waals surface area contributed by atoms with Gasteiger partial charge in [0, 0.05) is 12.0 Å². The van der Waals surface area contributed by atoms with Gasteiger partial charge in [-0.2, -0.15) is 15.8 Å². The third-order valence-corrected chi connectivity index (χ3v) is 6.31. The molecule has 0 spiro atoms. The van der Waals surface area contributed by atoms with E-state index in [0.717, 1.165) is 31.0 Å². The third kappa shape index (κ3) is 1.97. The number of ether oxygens (including phenoxy) is 2. The van der Waals surface area contributed by atoms with Crippen molar-refractivity contribution in [3.63, 3.8) is 0 Å². The van der Waals surface area contributed by atoms with E-state index in [-0.39, 0.29) is 5.56 Å². The van der Waals surface area contributed by atoms with Gasteiger partial charge < -0.3 is 9.47 Å². The van der Waals surface area contributed by atoms with E-state index in [9.17, 15) is 24.6 Å². The minimum absolute atomic E-state index is 0.330. The maximum atomic E-state index is 14.6. The minimum Gasteiger partial charge on any atom is -0.447 e. The van der Waals surface area contributed by atoms with E-state index in [1.807, 2.05) is 18.2 Å². The summed E-state index contributed by atoms with van der Waals surface area (Å²) in [6.45, 7) is 0. The summed E-state index contributed by atoms with van der Waals surface area (Å²) in [6.07, 6.45) is 1.45. The van der Waals surface area contributed by atoms with Gasteiger partial charge in [0.25, 0.3) is 0 Å². The molecule has 1 aliphatic carbocycles. The number of halogens is 2. The first kappa shape index (κ1) is 18.3. The molecule has 6 nitrogen and oxygen atoms in total. The number of nitrogens with zero attached hydrogens (tertiary/aromatic N) is 3. The first-order chi connectivity index (χ1) is 13.4. The molecule has 0 radical (unpaired) electrons. The first-order valence-electron chi connectivity index (χ1n) is 9.05. The summed E-state index contributed by atoms with van der Waals surface area (Å²) in [4.78, 5) is 0. The highest BCUT2D eigenvalue weighted by Gasteiger charge is 2.80. The van der Waals surface area contributed by atoms with Gasteiger partial charge in [0.05, 0.1) is 24.1 Å². The predicted octanol–water partition coefficient (Wildman–Crippen LogP) is 3.86. The van der Waals surface area contributed by atoms with Crippen LogP contribution in [-0.4, -0.2) is 11.7 Å². The highest BCUT2D eigenvalue weighted by Crippen LogP contribution is 2.69. The third-order valence-electron chi connectivity index (χ3n) is 6.31. The summed E-state index contributed by atoms with van der Waals surface area (Å²) in [5.41, 5.74) is -4.52. The fourth-order valence-electron chi connectivity index (χ4n) is 5.03. The molecular formula is C20H16F2N4O2. The number of nitriles is 3. The Hall–Kier alpha value is -3.02. The summed E-state index contributed by atoms with van der Waals surface area (Å²) in [6, 6.07) is 8.38. The fraction of sp³-hybridized carbons (Fsp3) is 0.500. The summed E-state index contributed by atoms with van der Waals surface area (Å²) < 4.78 is 40.4. The van der Waals surface area contributed by atoms with Crippen LogP contribution in [0.2, 0.25) is 0 Å². The van der Waals surface area contributed by atoms with Crippen LogP contribution in [0.5, 0.6) is 0 Å². The number of hydrogen-bond acceptors (Lipinski definition) is 6. The Kier molecular flexibility index (Phi) is 3.93. The SMILES string of the molecule is N#CC1(C#N)C(c2cc(F)ccc2F)OC23CCCCCC2C1(C#N)C(=N)O3. The molecule has 4 atom stereocenters. The van der Waals surface area contributed by atoms with Crippen molar-refractivity contribution in [3.05, 3.63) is 35.4 Å². The maximum Gasteiger partial charge on any atom is 0.217 e. The second-order valence-corrected chi connectivity index (χ2v) is 7.51. The smallest absolute Gasteiger partial charge is 0.217 e. The second-order valence-electron chi connectivity index (χ2n) is 7.51. The minimum atomic E-state index is -2.26. The molecule has 142 valence electrons. The Morgan fingerprint density at radius 2 is 1.82 bits per heavy atom. The van der Waals surface area contributed by atoms with Gasteiger partial charge in [-0.1, -0.05) is 12.8 Å². The molecule has 28 heavy (non-hydrogen) atoms. The molecule has 2 heterocycles. The lowest BCUT2D eigenvalue weighted by atomic mass is 9.52. The molecule has 1 saturated carbocycles. The van der Waals surface area contributed by atoms with Gasteiger partial charge in [-0.25, -0.2) is 8.78 Å². The molecule has 0 amide bonds. The van der Waals surface area contributed by atoms with Crippen molar-refractivity contribution in [2.24, 2.45) is 16.7 Å². The topological polar surface area (TPSA) is 114 Å². The summed E-state index contributed by atoms with van der Waals surface area (Å²) in [7, 11) is 0. The Morgan fingerprint density at radius 3 is 2.50 bits per heavy atom. The number of rotatable bonds is 1. The molecule has 4 unspecified atom stereocenters. The van der Waals surface area contributed by atoms with Gasteiger partial charge in [0.2, 0.25) is 17.1 Å². The number of benzene rings is 1. The van der Waals surface area contributed by atoms with Crippen LogP contribution in [0.25, 0.3) is 0 Å². The van der Waals surface area contributed by atoms with E-state index < -0.39 is 46.2 Å². The zero-order chi connectivity index (χ0) is 20.2. The zero-order valence-corrected chi connectivity index (χ0v) is 14.8. The highest BCUT2D eigenvalue weighted by molar-refractivity contribution is 5.89. The normalized spacial score (nSPS) is 35.5. The standard InChI is InChI=1S/C20H16F2N4O2/c21-12-5-6-14(22)13(8-12)16-18(9-23,10-24)19(11-25)15-4-2-1-3-7-20(15,27-16)28-17(19)26/h5-6,8,15-16,26H,1-4,7H2. The van der Waals surface area contributed by atoms with Crippen LogP contribution in [0.4, 0.5) is 8.78 Å². The van der Waals surface area contributed by atoms with Gasteiger partial charge in [-0.3, -0.25) is 5.41 Å². The van der Waals surface area contributed by atoms with E-state index in [1.54, 1.807) is 0 Å². The molecule has 1 aromatic carbocycles. The summed E-state index contributed by atoms with van der Waals surface area (Å²) in [5.74, 6) is -4.26. The van der Waals surface area contributed by atoms with Crippen molar-refractivity contribution in [2.75, 3.05) is 0 Å². The Balaban J connectivity index is 2.04. The molecule has 2 saturated heterocycles. The molecule has 3 fully saturated rings. The van der Waals surface area contributed by atoms with Crippen LogP contribution in [0.1, 0.15) is 43.8 Å². The average Bonchev–Trinajstić information content (AvgIpc) is 2.82. The number of hydrogen-bond donors (Lipinski definition) is 1. The molecule has 1 N–H and O–H groups in total. The van der Waals surface area contributed by atoms with Crippen molar-refractivity contribution in [2.45, 2.75) is 44.0 Å². The van der Waals surface area contributed by atoms with Crippen LogP contribution < -0.4 is 0 Å². The Morgan fingerprint density at radius 1 is 1.07 bits per heavy atom. The van der Waals surface area contributed by atoms with Gasteiger partial charge in [0.15, 0.2) is 5.41 Å². The quantitative estimate of drug-likeness (QED) is 0.792. The summed E-state index contributed by atoms with van der Waals surface area (Å²) in [5, 5.41) is 38.7. The van der Waals surface area contributed by atoms with Crippen LogP contribution in [0, 0.1) is 67.8 Å². The van der Waals surface area contributed by atoms with E-state index in [2.05, 4.69) is 0 Å². The van der Waals surface area contributed by atoms with Crippen molar-refractivity contribution in [1.82, 2.24) is 0 Å². The zero-order valence-electron chi connectivity index (χ0n) is 14.8. The van der Waals surface area contributed by atoms with Gasteiger partial charge in [-0.15, -0.1) is 0 Å². The van der Waals surface area contributed by atoms with E-state index in [4.69, 9.17) is 14.9 Å². The van der Waals surface area contributed by atoms with Crippen molar-refractivity contribution in [1.29, 1.82) is 21.2 Å². The molecule has 2 bridgehead atoms. The van der Waals surface area contributed by atoms with E-state index >= 15 is 0 Å². The Bertz CT molecular complexity index is 977. The molecule has 3 aliphatic rings. The molecule has 4 rings (SSSR count).